The maximum Gasteiger partial charge on any atom is 0.243 e. The van der Waals surface area contributed by atoms with Crippen LogP contribution in [0.5, 0.6) is 0 Å². The van der Waals surface area contributed by atoms with Crippen LogP contribution in [0, 0.1) is 17.6 Å². The van der Waals surface area contributed by atoms with Crippen molar-refractivity contribution in [3.63, 3.8) is 0 Å². The number of sulfonamides is 1. The number of halogens is 2. The zero-order chi connectivity index (χ0) is 23.4. The highest BCUT2D eigenvalue weighted by atomic mass is 32.2. The molecule has 2 aromatic rings. The molecule has 178 valence electrons. The number of hydrogen-bond donors (Lipinski definition) is 1. The van der Waals surface area contributed by atoms with Gasteiger partial charge in [-0.15, -0.1) is 0 Å². The van der Waals surface area contributed by atoms with E-state index >= 15 is 0 Å². The number of ether oxygens (including phenoxy) is 1. The van der Waals surface area contributed by atoms with E-state index in [-0.39, 0.29) is 29.8 Å². The molecule has 4 rings (SSSR count). The Kier molecular flexibility index (Phi) is 7.38. The first kappa shape index (κ1) is 23.7. The maximum atomic E-state index is 13.5. The second kappa shape index (κ2) is 10.3. The highest BCUT2D eigenvalue weighted by molar-refractivity contribution is 7.89. The lowest BCUT2D eigenvalue weighted by Gasteiger charge is -2.30. The van der Waals surface area contributed by atoms with Crippen molar-refractivity contribution in [1.82, 2.24) is 9.21 Å². The summed E-state index contributed by atoms with van der Waals surface area (Å²) in [5.41, 5.74) is 1.81. The Hall–Kier alpha value is -2.40. The number of morpholine rings is 1. The molecule has 2 aromatic carbocycles. The summed E-state index contributed by atoms with van der Waals surface area (Å²) >= 11 is 0. The fourth-order valence-corrected chi connectivity index (χ4v) is 5.64. The normalized spacial score (nSPS) is 18.8. The summed E-state index contributed by atoms with van der Waals surface area (Å²) in [6.45, 7) is 4.26. The Morgan fingerprint density at radius 1 is 1.00 bits per heavy atom. The van der Waals surface area contributed by atoms with E-state index in [4.69, 9.17) is 4.74 Å². The Labute approximate surface area is 192 Å². The monoisotopic (exact) mass is 479 g/mol. The van der Waals surface area contributed by atoms with Crippen LogP contribution in [-0.4, -0.2) is 62.9 Å². The summed E-state index contributed by atoms with van der Waals surface area (Å²) in [4.78, 5) is 14.8. The number of piperidine rings is 1. The molecular formula is C23H27F2N3O4S. The number of hydrogen-bond acceptors (Lipinski definition) is 5. The smallest absolute Gasteiger partial charge is 0.243 e. The first-order valence-electron chi connectivity index (χ1n) is 11.0. The molecule has 10 heteroatoms. The fraction of sp³-hybridized carbons (Fsp3) is 0.435. The van der Waals surface area contributed by atoms with Crippen LogP contribution in [0.25, 0.3) is 0 Å². The maximum absolute atomic E-state index is 13.5. The van der Waals surface area contributed by atoms with E-state index in [1.807, 2.05) is 24.3 Å². The van der Waals surface area contributed by atoms with Crippen LogP contribution in [0.3, 0.4) is 0 Å². The van der Waals surface area contributed by atoms with E-state index in [0.29, 0.717) is 24.6 Å². The molecule has 0 spiro atoms. The van der Waals surface area contributed by atoms with Crippen molar-refractivity contribution >= 4 is 21.6 Å². The van der Waals surface area contributed by atoms with Gasteiger partial charge in [-0.1, -0.05) is 12.1 Å². The number of carbonyl (C=O) groups is 1. The van der Waals surface area contributed by atoms with Gasteiger partial charge in [0.1, 0.15) is 0 Å². The van der Waals surface area contributed by atoms with Gasteiger partial charge in [-0.25, -0.2) is 17.2 Å². The van der Waals surface area contributed by atoms with E-state index in [1.165, 1.54) is 4.31 Å². The van der Waals surface area contributed by atoms with Crippen molar-refractivity contribution in [1.29, 1.82) is 0 Å². The molecule has 0 bridgehead atoms. The number of rotatable bonds is 6. The van der Waals surface area contributed by atoms with Gasteiger partial charge in [0.05, 0.1) is 18.1 Å². The molecule has 0 atom stereocenters. The highest BCUT2D eigenvalue weighted by Crippen LogP contribution is 2.26. The first-order chi connectivity index (χ1) is 15.8. The SMILES string of the molecule is O=C(Nc1cccc(CN2CCOCC2)c1)C1CCN(S(=O)(=O)c2ccc(F)c(F)c2)CC1. The highest BCUT2D eigenvalue weighted by Gasteiger charge is 2.32. The molecule has 2 heterocycles. The van der Waals surface area contributed by atoms with Crippen molar-refractivity contribution < 1.29 is 26.7 Å². The molecule has 0 saturated carbocycles. The lowest BCUT2D eigenvalue weighted by atomic mass is 9.97. The van der Waals surface area contributed by atoms with E-state index < -0.39 is 21.7 Å². The number of anilines is 1. The van der Waals surface area contributed by atoms with Crippen LogP contribution in [0.1, 0.15) is 18.4 Å². The number of amides is 1. The van der Waals surface area contributed by atoms with Gasteiger partial charge in [-0.3, -0.25) is 9.69 Å². The minimum atomic E-state index is -3.95. The zero-order valence-corrected chi connectivity index (χ0v) is 19.0. The van der Waals surface area contributed by atoms with Crippen LogP contribution >= 0.6 is 0 Å². The van der Waals surface area contributed by atoms with Gasteiger partial charge in [-0.2, -0.15) is 4.31 Å². The standard InChI is InChI=1S/C23H27F2N3O4S/c24-21-5-4-20(15-22(21)25)33(30,31)28-8-6-18(7-9-28)23(29)26-19-3-1-2-17(14-19)16-27-10-12-32-13-11-27/h1-5,14-15,18H,6-13,16H2,(H,26,29). The molecular weight excluding hydrogens is 452 g/mol. The molecule has 2 saturated heterocycles. The van der Waals surface area contributed by atoms with Gasteiger partial charge in [-0.05, 0) is 48.7 Å². The Balaban J connectivity index is 1.33. The van der Waals surface area contributed by atoms with E-state index in [1.54, 1.807) is 0 Å². The van der Waals surface area contributed by atoms with Gasteiger partial charge < -0.3 is 10.1 Å². The summed E-state index contributed by atoms with van der Waals surface area (Å²) in [5, 5.41) is 2.95. The molecule has 0 radical (unpaired) electrons. The molecule has 7 nitrogen and oxygen atoms in total. The third kappa shape index (κ3) is 5.75. The van der Waals surface area contributed by atoms with Crippen LogP contribution < -0.4 is 5.32 Å². The number of benzene rings is 2. The predicted octanol–water partition coefficient (Wildman–Crippen LogP) is 2.84. The summed E-state index contributed by atoms with van der Waals surface area (Å²) in [6, 6.07) is 10.3. The molecule has 2 aliphatic rings. The third-order valence-corrected chi connectivity index (χ3v) is 7.95. The van der Waals surface area contributed by atoms with Crippen molar-refractivity contribution in [2.24, 2.45) is 5.92 Å². The molecule has 2 fully saturated rings. The average molecular weight is 480 g/mol. The molecule has 0 unspecified atom stereocenters. The third-order valence-electron chi connectivity index (χ3n) is 6.06. The Bertz CT molecular complexity index is 1100. The average Bonchev–Trinajstić information content (AvgIpc) is 2.82. The van der Waals surface area contributed by atoms with Gasteiger partial charge in [0.15, 0.2) is 11.6 Å². The van der Waals surface area contributed by atoms with Gasteiger partial charge >= 0.3 is 0 Å². The van der Waals surface area contributed by atoms with Crippen LogP contribution in [0.15, 0.2) is 47.4 Å². The molecule has 0 aliphatic carbocycles. The largest absolute Gasteiger partial charge is 0.379 e. The summed E-state index contributed by atoms with van der Waals surface area (Å²) in [6.07, 6.45) is 0.699. The van der Waals surface area contributed by atoms with Crippen molar-refractivity contribution in [2.45, 2.75) is 24.3 Å². The summed E-state index contributed by atoms with van der Waals surface area (Å²) < 4.78 is 58.7. The Morgan fingerprint density at radius 2 is 1.73 bits per heavy atom. The quantitative estimate of drug-likeness (QED) is 0.690. The topological polar surface area (TPSA) is 79.0 Å². The van der Waals surface area contributed by atoms with Crippen molar-refractivity contribution in [3.8, 4) is 0 Å². The van der Waals surface area contributed by atoms with E-state index in [9.17, 15) is 22.0 Å². The molecule has 0 aromatic heterocycles. The van der Waals surface area contributed by atoms with Crippen molar-refractivity contribution in [2.75, 3.05) is 44.7 Å². The number of nitrogens with zero attached hydrogens (tertiary/aromatic N) is 2. The summed E-state index contributed by atoms with van der Waals surface area (Å²) in [5.74, 6) is -2.78. The molecule has 1 N–H and O–H groups in total. The minimum Gasteiger partial charge on any atom is -0.379 e. The number of carbonyl (C=O) groups excluding carboxylic acids is 1. The number of nitrogens with one attached hydrogen (secondary N) is 1. The fourth-order valence-electron chi connectivity index (χ4n) is 4.15. The predicted molar refractivity (Wildman–Crippen MR) is 119 cm³/mol. The Morgan fingerprint density at radius 3 is 2.42 bits per heavy atom. The lowest BCUT2D eigenvalue weighted by Crippen LogP contribution is -2.41. The van der Waals surface area contributed by atoms with E-state index in [0.717, 1.165) is 50.5 Å². The molecule has 33 heavy (non-hydrogen) atoms. The van der Waals surface area contributed by atoms with Gasteiger partial charge in [0, 0.05) is 44.3 Å². The molecule has 1 amide bonds. The first-order valence-corrected chi connectivity index (χ1v) is 12.4. The van der Waals surface area contributed by atoms with Crippen LogP contribution in [0.4, 0.5) is 14.5 Å². The van der Waals surface area contributed by atoms with Gasteiger partial charge in [0.2, 0.25) is 15.9 Å². The molecule has 2 aliphatic heterocycles. The van der Waals surface area contributed by atoms with Crippen molar-refractivity contribution in [3.05, 3.63) is 59.7 Å². The van der Waals surface area contributed by atoms with Crippen LogP contribution in [0.2, 0.25) is 0 Å². The second-order valence-corrected chi connectivity index (χ2v) is 10.3. The van der Waals surface area contributed by atoms with Gasteiger partial charge in [0.25, 0.3) is 0 Å². The summed E-state index contributed by atoms with van der Waals surface area (Å²) in [7, 11) is -3.95. The second-order valence-electron chi connectivity index (χ2n) is 8.33. The van der Waals surface area contributed by atoms with Crippen LogP contribution in [-0.2, 0) is 26.1 Å². The van der Waals surface area contributed by atoms with E-state index in [2.05, 4.69) is 10.2 Å². The minimum absolute atomic E-state index is 0.135. The lowest BCUT2D eigenvalue weighted by molar-refractivity contribution is -0.120. The zero-order valence-electron chi connectivity index (χ0n) is 18.2.